The van der Waals surface area contributed by atoms with Crippen LogP contribution in [-0.4, -0.2) is 40.4 Å². The predicted octanol–water partition coefficient (Wildman–Crippen LogP) is 4.61. The Kier molecular flexibility index (Phi) is 6.44. The van der Waals surface area contributed by atoms with E-state index >= 15 is 0 Å². The predicted molar refractivity (Wildman–Crippen MR) is 125 cm³/mol. The van der Waals surface area contributed by atoms with Crippen molar-refractivity contribution in [1.29, 1.82) is 0 Å². The number of benzene rings is 2. The Morgan fingerprint density at radius 2 is 1.87 bits per heavy atom. The highest BCUT2D eigenvalue weighted by Gasteiger charge is 2.33. The SMILES string of the molecule is CCc1ccc(C2NC(=S)N(CCOC)C(C)=C2c2nc(-c3ccccc3)no2)cc1. The lowest BCUT2D eigenvalue weighted by atomic mass is 9.94. The number of nitrogens with zero attached hydrogens (tertiary/aromatic N) is 3. The highest BCUT2D eigenvalue weighted by molar-refractivity contribution is 7.80. The molecular formula is C24H26N4O2S. The summed E-state index contributed by atoms with van der Waals surface area (Å²) < 4.78 is 11.0. The Labute approximate surface area is 187 Å². The zero-order chi connectivity index (χ0) is 21.8. The maximum atomic E-state index is 5.75. The van der Waals surface area contributed by atoms with Gasteiger partial charge in [0.25, 0.3) is 5.89 Å². The van der Waals surface area contributed by atoms with Crippen LogP contribution in [-0.2, 0) is 11.2 Å². The van der Waals surface area contributed by atoms with E-state index in [0.29, 0.717) is 30.0 Å². The number of ether oxygens (including phenoxy) is 1. The van der Waals surface area contributed by atoms with Crippen molar-refractivity contribution in [2.75, 3.05) is 20.3 Å². The number of thiocarbonyl (C=S) groups is 1. The van der Waals surface area contributed by atoms with Crippen molar-refractivity contribution < 1.29 is 9.26 Å². The standard InChI is InChI=1S/C24H26N4O2S/c1-4-17-10-12-18(13-11-17)21-20(16(2)28(14-15-29-3)24(31)25-21)23-26-22(27-30-23)19-8-6-5-7-9-19/h5-13,21H,4,14-15H2,1-3H3,(H,25,31). The molecule has 7 heteroatoms. The van der Waals surface area contributed by atoms with Crippen LogP contribution in [0.5, 0.6) is 0 Å². The molecule has 0 fully saturated rings. The summed E-state index contributed by atoms with van der Waals surface area (Å²) in [7, 11) is 1.68. The van der Waals surface area contributed by atoms with E-state index in [1.807, 2.05) is 42.2 Å². The van der Waals surface area contributed by atoms with Gasteiger partial charge in [0.1, 0.15) is 0 Å². The highest BCUT2D eigenvalue weighted by atomic mass is 32.1. The third-order valence-corrected chi connectivity index (χ3v) is 5.86. The number of hydrogen-bond donors (Lipinski definition) is 1. The fourth-order valence-corrected chi connectivity index (χ4v) is 4.09. The average Bonchev–Trinajstić information content (AvgIpc) is 3.29. The Morgan fingerprint density at radius 3 is 2.55 bits per heavy atom. The van der Waals surface area contributed by atoms with Crippen LogP contribution in [0.25, 0.3) is 17.0 Å². The number of allylic oxidation sites excluding steroid dienone is 1. The molecule has 3 aromatic rings. The highest BCUT2D eigenvalue weighted by Crippen LogP contribution is 2.37. The van der Waals surface area contributed by atoms with Gasteiger partial charge in [0.05, 0.1) is 18.2 Å². The molecule has 6 nitrogen and oxygen atoms in total. The van der Waals surface area contributed by atoms with Crippen LogP contribution >= 0.6 is 12.2 Å². The van der Waals surface area contributed by atoms with E-state index in [0.717, 1.165) is 28.8 Å². The molecule has 1 aliphatic rings. The van der Waals surface area contributed by atoms with Gasteiger partial charge in [-0.3, -0.25) is 0 Å². The molecule has 0 saturated carbocycles. The zero-order valence-corrected chi connectivity index (χ0v) is 18.8. The van der Waals surface area contributed by atoms with E-state index in [-0.39, 0.29) is 6.04 Å². The van der Waals surface area contributed by atoms with Crippen molar-refractivity contribution in [3.05, 3.63) is 77.3 Å². The van der Waals surface area contributed by atoms with E-state index in [2.05, 4.69) is 41.7 Å². The second-order valence-electron chi connectivity index (χ2n) is 7.41. The normalized spacial score (nSPS) is 16.5. The number of nitrogens with one attached hydrogen (secondary N) is 1. The van der Waals surface area contributed by atoms with Gasteiger partial charge in [0.2, 0.25) is 5.82 Å². The van der Waals surface area contributed by atoms with Gasteiger partial charge in [0.15, 0.2) is 5.11 Å². The Bertz CT molecular complexity index is 1080. The van der Waals surface area contributed by atoms with E-state index in [4.69, 9.17) is 26.5 Å². The molecule has 0 radical (unpaired) electrons. The molecule has 1 atom stereocenters. The summed E-state index contributed by atoms with van der Waals surface area (Å²) in [5.41, 5.74) is 5.20. The topological polar surface area (TPSA) is 63.4 Å². The summed E-state index contributed by atoms with van der Waals surface area (Å²) >= 11 is 5.69. The Hall–Kier alpha value is -3.03. The lowest BCUT2D eigenvalue weighted by Gasteiger charge is -2.37. The van der Waals surface area contributed by atoms with Crippen molar-refractivity contribution in [2.24, 2.45) is 0 Å². The number of hydrogen-bond acceptors (Lipinski definition) is 5. The maximum absolute atomic E-state index is 5.75. The minimum absolute atomic E-state index is 0.179. The van der Waals surface area contributed by atoms with Crippen molar-refractivity contribution in [3.8, 4) is 11.4 Å². The summed E-state index contributed by atoms with van der Waals surface area (Å²) in [5.74, 6) is 1.05. The molecule has 1 N–H and O–H groups in total. The first kappa shape index (κ1) is 21.2. The smallest absolute Gasteiger partial charge is 0.258 e. The number of aromatic nitrogens is 2. The van der Waals surface area contributed by atoms with Gasteiger partial charge in [0, 0.05) is 24.9 Å². The minimum atomic E-state index is -0.179. The van der Waals surface area contributed by atoms with Gasteiger partial charge in [-0.25, -0.2) is 0 Å². The maximum Gasteiger partial charge on any atom is 0.258 e. The summed E-state index contributed by atoms with van der Waals surface area (Å²) in [6.45, 7) is 5.38. The van der Waals surface area contributed by atoms with Crippen LogP contribution in [0.2, 0.25) is 0 Å². The fraction of sp³-hybridized carbons (Fsp3) is 0.292. The van der Waals surface area contributed by atoms with Crippen LogP contribution < -0.4 is 5.32 Å². The first-order valence-corrected chi connectivity index (χ1v) is 10.8. The van der Waals surface area contributed by atoms with Crippen LogP contribution in [0, 0.1) is 0 Å². The van der Waals surface area contributed by atoms with E-state index < -0.39 is 0 Å². The van der Waals surface area contributed by atoms with Crippen molar-refractivity contribution in [2.45, 2.75) is 26.3 Å². The second-order valence-corrected chi connectivity index (χ2v) is 7.80. The lowest BCUT2D eigenvalue weighted by molar-refractivity contribution is 0.183. The molecule has 160 valence electrons. The zero-order valence-electron chi connectivity index (χ0n) is 18.0. The minimum Gasteiger partial charge on any atom is -0.383 e. The summed E-state index contributed by atoms with van der Waals surface area (Å²) in [5, 5.41) is 8.37. The molecule has 4 rings (SSSR count). The third kappa shape index (κ3) is 4.38. The van der Waals surface area contributed by atoms with Crippen LogP contribution in [0.1, 0.15) is 36.9 Å². The van der Waals surface area contributed by atoms with Gasteiger partial charge < -0.3 is 19.5 Å². The van der Waals surface area contributed by atoms with E-state index in [1.54, 1.807) is 7.11 Å². The van der Waals surface area contributed by atoms with Crippen LogP contribution in [0.15, 0.2) is 64.8 Å². The molecule has 1 aliphatic heterocycles. The van der Waals surface area contributed by atoms with Gasteiger partial charge in [-0.1, -0.05) is 66.7 Å². The summed E-state index contributed by atoms with van der Waals surface area (Å²) in [4.78, 5) is 6.75. The van der Waals surface area contributed by atoms with Gasteiger partial charge >= 0.3 is 0 Å². The Morgan fingerprint density at radius 1 is 1.13 bits per heavy atom. The summed E-state index contributed by atoms with van der Waals surface area (Å²) in [6, 6.07) is 18.2. The van der Waals surface area contributed by atoms with Crippen molar-refractivity contribution in [1.82, 2.24) is 20.4 Å². The molecule has 0 bridgehead atoms. The molecule has 0 amide bonds. The van der Waals surface area contributed by atoms with Crippen molar-refractivity contribution in [3.63, 3.8) is 0 Å². The summed E-state index contributed by atoms with van der Waals surface area (Å²) in [6.07, 6.45) is 0.993. The van der Waals surface area contributed by atoms with Gasteiger partial charge in [-0.05, 0) is 36.7 Å². The number of methoxy groups -OCH3 is 1. The molecule has 0 saturated heterocycles. The molecule has 0 aliphatic carbocycles. The molecule has 2 heterocycles. The van der Waals surface area contributed by atoms with Crippen LogP contribution in [0.3, 0.4) is 0 Å². The first-order chi connectivity index (χ1) is 15.1. The second kappa shape index (κ2) is 9.41. The largest absolute Gasteiger partial charge is 0.383 e. The Balaban J connectivity index is 1.78. The molecule has 0 spiro atoms. The average molecular weight is 435 g/mol. The van der Waals surface area contributed by atoms with Crippen LogP contribution in [0.4, 0.5) is 0 Å². The molecule has 1 aromatic heterocycles. The van der Waals surface area contributed by atoms with Gasteiger partial charge in [-0.2, -0.15) is 4.98 Å². The molecule has 1 unspecified atom stereocenters. The van der Waals surface area contributed by atoms with Crippen molar-refractivity contribution >= 4 is 22.9 Å². The first-order valence-electron chi connectivity index (χ1n) is 10.4. The number of aryl methyl sites for hydroxylation is 1. The number of rotatable bonds is 7. The lowest BCUT2D eigenvalue weighted by Crippen LogP contribution is -2.47. The quantitative estimate of drug-likeness (QED) is 0.545. The van der Waals surface area contributed by atoms with E-state index in [1.165, 1.54) is 5.56 Å². The van der Waals surface area contributed by atoms with E-state index in [9.17, 15) is 0 Å². The van der Waals surface area contributed by atoms with Gasteiger partial charge in [-0.15, -0.1) is 0 Å². The molecule has 2 aromatic carbocycles. The molecular weight excluding hydrogens is 408 g/mol. The third-order valence-electron chi connectivity index (χ3n) is 5.53. The fourth-order valence-electron chi connectivity index (χ4n) is 3.74. The monoisotopic (exact) mass is 434 g/mol. The molecule has 31 heavy (non-hydrogen) atoms.